The van der Waals surface area contributed by atoms with Crippen LogP contribution in [-0.4, -0.2) is 10.9 Å². The lowest BCUT2D eigenvalue weighted by Gasteiger charge is -2.09. The van der Waals surface area contributed by atoms with E-state index in [4.69, 9.17) is 11.6 Å². The highest BCUT2D eigenvalue weighted by Crippen LogP contribution is 2.22. The zero-order valence-electron chi connectivity index (χ0n) is 11.4. The Morgan fingerprint density at radius 1 is 1.05 bits per heavy atom. The average molecular weight is 297 g/mol. The molecule has 3 rings (SSSR count). The fourth-order valence-corrected chi connectivity index (χ4v) is 2.27. The average Bonchev–Trinajstić information content (AvgIpc) is 2.48. The SMILES string of the molecule is Cc1ccc2cccc(NC(=O)c3ccc(Cl)cc3)c2n1. The summed E-state index contributed by atoms with van der Waals surface area (Å²) in [4.78, 5) is 16.8. The minimum atomic E-state index is -0.178. The molecule has 0 aliphatic rings. The molecule has 1 N–H and O–H groups in total. The molecular formula is C17H13ClN2O. The fraction of sp³-hybridized carbons (Fsp3) is 0.0588. The van der Waals surface area contributed by atoms with Gasteiger partial charge in [0.25, 0.3) is 5.91 Å². The van der Waals surface area contributed by atoms with E-state index < -0.39 is 0 Å². The van der Waals surface area contributed by atoms with Gasteiger partial charge in [-0.05, 0) is 43.3 Å². The van der Waals surface area contributed by atoms with Crippen LogP contribution in [0.25, 0.3) is 10.9 Å². The van der Waals surface area contributed by atoms with Crippen LogP contribution in [0.2, 0.25) is 5.02 Å². The van der Waals surface area contributed by atoms with Crippen molar-refractivity contribution in [3.63, 3.8) is 0 Å². The number of fused-ring (bicyclic) bond motifs is 1. The molecule has 0 radical (unpaired) electrons. The summed E-state index contributed by atoms with van der Waals surface area (Å²) >= 11 is 5.83. The molecule has 0 bridgehead atoms. The quantitative estimate of drug-likeness (QED) is 0.759. The second-order valence-electron chi connectivity index (χ2n) is 4.79. The second kappa shape index (κ2) is 5.54. The summed E-state index contributed by atoms with van der Waals surface area (Å²) in [5, 5.41) is 4.50. The molecule has 1 amide bonds. The van der Waals surface area contributed by atoms with Crippen molar-refractivity contribution in [2.75, 3.05) is 5.32 Å². The number of nitrogens with zero attached hydrogens (tertiary/aromatic N) is 1. The molecule has 3 nitrogen and oxygen atoms in total. The van der Waals surface area contributed by atoms with E-state index in [2.05, 4.69) is 10.3 Å². The minimum Gasteiger partial charge on any atom is -0.320 e. The van der Waals surface area contributed by atoms with Gasteiger partial charge in [0.2, 0.25) is 0 Å². The van der Waals surface area contributed by atoms with Crippen molar-refractivity contribution in [2.45, 2.75) is 6.92 Å². The van der Waals surface area contributed by atoms with E-state index in [0.29, 0.717) is 16.3 Å². The number of anilines is 1. The van der Waals surface area contributed by atoms with Crippen molar-refractivity contribution >= 4 is 34.1 Å². The Morgan fingerprint density at radius 2 is 1.81 bits per heavy atom. The first-order valence-corrected chi connectivity index (χ1v) is 6.94. The third kappa shape index (κ3) is 2.88. The van der Waals surface area contributed by atoms with Gasteiger partial charge in [-0.2, -0.15) is 0 Å². The van der Waals surface area contributed by atoms with Crippen LogP contribution >= 0.6 is 11.6 Å². The molecule has 0 fully saturated rings. The zero-order chi connectivity index (χ0) is 14.8. The Balaban J connectivity index is 1.96. The minimum absolute atomic E-state index is 0.178. The number of nitrogens with one attached hydrogen (secondary N) is 1. The first-order valence-electron chi connectivity index (χ1n) is 6.57. The number of aromatic nitrogens is 1. The van der Waals surface area contributed by atoms with Gasteiger partial charge in [-0.1, -0.05) is 29.8 Å². The van der Waals surface area contributed by atoms with Crippen LogP contribution in [0.5, 0.6) is 0 Å². The van der Waals surface area contributed by atoms with Gasteiger partial charge in [-0.15, -0.1) is 0 Å². The lowest BCUT2D eigenvalue weighted by atomic mass is 10.1. The molecule has 0 saturated heterocycles. The monoisotopic (exact) mass is 296 g/mol. The molecule has 2 aromatic carbocycles. The van der Waals surface area contributed by atoms with Crippen molar-refractivity contribution in [3.8, 4) is 0 Å². The number of halogens is 1. The number of hydrogen-bond donors (Lipinski definition) is 1. The highest BCUT2D eigenvalue weighted by molar-refractivity contribution is 6.30. The van der Waals surface area contributed by atoms with Crippen molar-refractivity contribution in [1.82, 2.24) is 4.98 Å². The predicted molar refractivity (Wildman–Crippen MR) is 85.9 cm³/mol. The van der Waals surface area contributed by atoms with Crippen molar-refractivity contribution < 1.29 is 4.79 Å². The molecule has 1 aromatic heterocycles. The summed E-state index contributed by atoms with van der Waals surface area (Å²) in [7, 11) is 0. The summed E-state index contributed by atoms with van der Waals surface area (Å²) in [5.41, 5.74) is 2.97. The van der Waals surface area contributed by atoms with E-state index in [9.17, 15) is 4.79 Å². The van der Waals surface area contributed by atoms with Crippen LogP contribution < -0.4 is 5.32 Å². The van der Waals surface area contributed by atoms with Gasteiger partial charge < -0.3 is 5.32 Å². The molecule has 0 unspecified atom stereocenters. The van der Waals surface area contributed by atoms with Crippen LogP contribution in [-0.2, 0) is 0 Å². The Kier molecular flexibility index (Phi) is 3.59. The molecule has 4 heteroatoms. The molecule has 0 aliphatic heterocycles. The van der Waals surface area contributed by atoms with Crippen molar-refractivity contribution in [1.29, 1.82) is 0 Å². The molecule has 21 heavy (non-hydrogen) atoms. The number of aryl methyl sites for hydroxylation is 1. The number of para-hydroxylation sites is 1. The van der Waals surface area contributed by atoms with Crippen LogP contribution in [0.1, 0.15) is 16.1 Å². The summed E-state index contributed by atoms with van der Waals surface area (Å²) in [6, 6.07) is 16.5. The number of pyridine rings is 1. The molecule has 0 aliphatic carbocycles. The van der Waals surface area contributed by atoms with Gasteiger partial charge in [0.15, 0.2) is 0 Å². The highest BCUT2D eigenvalue weighted by atomic mass is 35.5. The molecule has 3 aromatic rings. The molecule has 0 atom stereocenters. The van der Waals surface area contributed by atoms with Gasteiger partial charge in [0.05, 0.1) is 11.2 Å². The molecule has 104 valence electrons. The fourth-order valence-electron chi connectivity index (χ4n) is 2.14. The van der Waals surface area contributed by atoms with E-state index in [1.165, 1.54) is 0 Å². The van der Waals surface area contributed by atoms with Gasteiger partial charge in [-0.3, -0.25) is 9.78 Å². The lowest BCUT2D eigenvalue weighted by molar-refractivity contribution is 0.102. The van der Waals surface area contributed by atoms with Gasteiger partial charge in [0, 0.05) is 21.7 Å². The van der Waals surface area contributed by atoms with Crippen LogP contribution in [0.4, 0.5) is 5.69 Å². The molecular weight excluding hydrogens is 284 g/mol. The van der Waals surface area contributed by atoms with Crippen LogP contribution in [0.15, 0.2) is 54.6 Å². The smallest absolute Gasteiger partial charge is 0.255 e. The maximum Gasteiger partial charge on any atom is 0.255 e. The Labute approximate surface area is 127 Å². The van der Waals surface area contributed by atoms with E-state index in [1.54, 1.807) is 24.3 Å². The number of rotatable bonds is 2. The van der Waals surface area contributed by atoms with Gasteiger partial charge in [-0.25, -0.2) is 0 Å². The van der Waals surface area contributed by atoms with Crippen LogP contribution in [0.3, 0.4) is 0 Å². The number of carbonyl (C=O) groups is 1. The number of hydrogen-bond acceptors (Lipinski definition) is 2. The third-order valence-electron chi connectivity index (χ3n) is 3.21. The van der Waals surface area contributed by atoms with Crippen LogP contribution in [0, 0.1) is 6.92 Å². The maximum atomic E-state index is 12.3. The first kappa shape index (κ1) is 13.6. The second-order valence-corrected chi connectivity index (χ2v) is 5.23. The third-order valence-corrected chi connectivity index (χ3v) is 3.47. The van der Waals surface area contributed by atoms with E-state index in [1.807, 2.05) is 37.3 Å². The molecule has 0 saturated carbocycles. The standard InChI is InChI=1S/C17H13ClN2O/c1-11-5-6-12-3-2-4-15(16(12)19-11)20-17(21)13-7-9-14(18)10-8-13/h2-10H,1H3,(H,20,21). The predicted octanol–water partition coefficient (Wildman–Crippen LogP) is 4.45. The van der Waals surface area contributed by atoms with Gasteiger partial charge in [0.1, 0.15) is 0 Å². The molecule has 1 heterocycles. The van der Waals surface area contributed by atoms with Gasteiger partial charge >= 0.3 is 0 Å². The van der Waals surface area contributed by atoms with E-state index in [0.717, 1.165) is 16.6 Å². The summed E-state index contributed by atoms with van der Waals surface area (Å²) in [5.74, 6) is -0.178. The maximum absolute atomic E-state index is 12.3. The largest absolute Gasteiger partial charge is 0.320 e. The Morgan fingerprint density at radius 3 is 2.57 bits per heavy atom. The summed E-state index contributed by atoms with van der Waals surface area (Å²) in [6.07, 6.45) is 0. The number of benzene rings is 2. The topological polar surface area (TPSA) is 42.0 Å². The van der Waals surface area contributed by atoms with E-state index >= 15 is 0 Å². The Hall–Kier alpha value is -2.39. The zero-order valence-corrected chi connectivity index (χ0v) is 12.2. The highest BCUT2D eigenvalue weighted by Gasteiger charge is 2.09. The van der Waals surface area contributed by atoms with E-state index in [-0.39, 0.29) is 5.91 Å². The molecule has 0 spiro atoms. The number of carbonyl (C=O) groups excluding carboxylic acids is 1. The lowest BCUT2D eigenvalue weighted by Crippen LogP contribution is -2.12. The first-order chi connectivity index (χ1) is 10.1. The van der Waals surface area contributed by atoms with Crippen molar-refractivity contribution in [3.05, 3.63) is 70.9 Å². The number of amides is 1. The summed E-state index contributed by atoms with van der Waals surface area (Å²) < 4.78 is 0. The Bertz CT molecular complexity index is 813. The summed E-state index contributed by atoms with van der Waals surface area (Å²) in [6.45, 7) is 1.93. The van der Waals surface area contributed by atoms with Crippen molar-refractivity contribution in [2.24, 2.45) is 0 Å². The normalized spacial score (nSPS) is 10.6.